The molecule has 1 aliphatic rings. The van der Waals surface area contributed by atoms with E-state index < -0.39 is 5.97 Å². The lowest BCUT2D eigenvalue weighted by atomic mass is 10.2. The molecule has 0 fully saturated rings. The highest BCUT2D eigenvalue weighted by molar-refractivity contribution is 9.10. The van der Waals surface area contributed by atoms with Crippen LogP contribution in [0.25, 0.3) is 6.08 Å². The van der Waals surface area contributed by atoms with Crippen LogP contribution in [0, 0.1) is 0 Å². The normalized spacial score (nSPS) is 15.9. The maximum Gasteiger partial charge on any atom is 0.363 e. The second-order valence-corrected chi connectivity index (χ2v) is 6.93. The van der Waals surface area contributed by atoms with E-state index in [-0.39, 0.29) is 0 Å². The van der Waals surface area contributed by atoms with Gasteiger partial charge in [-0.3, -0.25) is 0 Å². The van der Waals surface area contributed by atoms with Gasteiger partial charge in [-0.05, 0) is 36.4 Å². The number of cyclic esters (lactones) is 1. The van der Waals surface area contributed by atoms with Gasteiger partial charge < -0.3 is 9.64 Å². The molecular weight excluding hydrogens is 364 g/mol. The number of hydrogen-bond donors (Lipinski definition) is 0. The molecule has 0 unspecified atom stereocenters. The van der Waals surface area contributed by atoms with Gasteiger partial charge >= 0.3 is 5.97 Å². The van der Waals surface area contributed by atoms with Gasteiger partial charge in [-0.1, -0.05) is 22.0 Å². The highest BCUT2D eigenvalue weighted by Gasteiger charge is 2.24. The fourth-order valence-corrected chi connectivity index (χ4v) is 3.22. The van der Waals surface area contributed by atoms with Crippen LogP contribution in [-0.2, 0) is 9.53 Å². The number of nitrogens with zero attached hydrogens (tertiary/aromatic N) is 2. The van der Waals surface area contributed by atoms with Gasteiger partial charge in [0.25, 0.3) is 0 Å². The number of esters is 1. The summed E-state index contributed by atoms with van der Waals surface area (Å²) in [5, 5.41) is 1.12. The van der Waals surface area contributed by atoms with E-state index in [4.69, 9.17) is 4.74 Å². The van der Waals surface area contributed by atoms with Crippen LogP contribution in [0.3, 0.4) is 0 Å². The number of halogens is 1. The molecule has 2 heterocycles. The molecule has 0 spiro atoms. The minimum Gasteiger partial charge on any atom is -0.402 e. The Hall–Kier alpha value is -1.92. The largest absolute Gasteiger partial charge is 0.402 e. The third-order valence-electron chi connectivity index (χ3n) is 3.02. The van der Waals surface area contributed by atoms with E-state index >= 15 is 0 Å². The lowest BCUT2D eigenvalue weighted by Gasteiger charge is -2.06. The number of anilines is 1. The Bertz CT molecular complexity index is 793. The van der Waals surface area contributed by atoms with Crippen molar-refractivity contribution in [1.29, 1.82) is 0 Å². The zero-order valence-corrected chi connectivity index (χ0v) is 14.4. The molecule has 0 saturated carbocycles. The quantitative estimate of drug-likeness (QED) is 0.602. The van der Waals surface area contributed by atoms with Crippen LogP contribution < -0.4 is 4.90 Å². The number of rotatable bonds is 3. The first-order valence-corrected chi connectivity index (χ1v) is 8.19. The van der Waals surface area contributed by atoms with E-state index in [0.717, 1.165) is 19.9 Å². The smallest absolute Gasteiger partial charge is 0.363 e. The molecule has 1 aromatic carbocycles. The third kappa shape index (κ3) is 3.13. The molecule has 112 valence electrons. The Morgan fingerprint density at radius 2 is 2.09 bits per heavy atom. The second-order valence-electron chi connectivity index (χ2n) is 4.92. The van der Waals surface area contributed by atoms with E-state index in [1.807, 2.05) is 55.4 Å². The van der Waals surface area contributed by atoms with Gasteiger partial charge in [0.2, 0.25) is 5.90 Å². The SMILES string of the molecule is CN(C)c1ccc(/C=C2\N=C(c3cccc(Br)c3)OC2=O)s1. The molecule has 4 nitrogen and oxygen atoms in total. The third-order valence-corrected chi connectivity index (χ3v) is 4.72. The fraction of sp³-hybridized carbons (Fsp3) is 0.125. The Labute approximate surface area is 140 Å². The summed E-state index contributed by atoms with van der Waals surface area (Å²) in [6.07, 6.45) is 1.75. The molecule has 1 aliphatic heterocycles. The Morgan fingerprint density at radius 3 is 2.77 bits per heavy atom. The first-order valence-electron chi connectivity index (χ1n) is 6.58. The van der Waals surface area contributed by atoms with Gasteiger partial charge in [0.1, 0.15) is 0 Å². The maximum absolute atomic E-state index is 12.0. The van der Waals surface area contributed by atoms with Crippen molar-refractivity contribution < 1.29 is 9.53 Å². The van der Waals surface area contributed by atoms with Crippen LogP contribution in [0.5, 0.6) is 0 Å². The Kier molecular flexibility index (Phi) is 4.13. The van der Waals surface area contributed by atoms with Crippen molar-refractivity contribution in [1.82, 2.24) is 0 Å². The topological polar surface area (TPSA) is 41.9 Å². The molecular formula is C16H13BrN2O2S. The summed E-state index contributed by atoms with van der Waals surface area (Å²) in [6, 6.07) is 11.5. The molecule has 0 N–H and O–H groups in total. The summed E-state index contributed by atoms with van der Waals surface area (Å²) in [5.74, 6) is -0.0864. The van der Waals surface area contributed by atoms with E-state index in [1.165, 1.54) is 0 Å². The molecule has 0 saturated heterocycles. The number of carbonyl (C=O) groups excluding carboxylic acids is 1. The van der Waals surface area contributed by atoms with Crippen molar-refractivity contribution in [2.24, 2.45) is 4.99 Å². The average Bonchev–Trinajstić information content (AvgIpc) is 3.07. The number of carbonyl (C=O) groups is 1. The predicted molar refractivity (Wildman–Crippen MR) is 93.4 cm³/mol. The van der Waals surface area contributed by atoms with Crippen LogP contribution in [0.15, 0.2) is 51.6 Å². The highest BCUT2D eigenvalue weighted by atomic mass is 79.9. The summed E-state index contributed by atoms with van der Waals surface area (Å²) in [7, 11) is 3.96. The zero-order chi connectivity index (χ0) is 15.7. The first kappa shape index (κ1) is 15.0. The van der Waals surface area contributed by atoms with Crippen molar-refractivity contribution in [2.75, 3.05) is 19.0 Å². The van der Waals surface area contributed by atoms with Crippen LogP contribution in [0.2, 0.25) is 0 Å². The van der Waals surface area contributed by atoms with Gasteiger partial charge in [0, 0.05) is 29.0 Å². The van der Waals surface area contributed by atoms with Gasteiger partial charge in [0.15, 0.2) is 5.70 Å². The maximum atomic E-state index is 12.0. The van der Waals surface area contributed by atoms with Crippen LogP contribution in [0.4, 0.5) is 5.00 Å². The van der Waals surface area contributed by atoms with Crippen molar-refractivity contribution in [3.8, 4) is 0 Å². The van der Waals surface area contributed by atoms with Gasteiger partial charge in [-0.25, -0.2) is 9.79 Å². The monoisotopic (exact) mass is 376 g/mol. The molecule has 0 amide bonds. The van der Waals surface area contributed by atoms with Crippen LogP contribution in [-0.4, -0.2) is 26.0 Å². The zero-order valence-electron chi connectivity index (χ0n) is 12.0. The van der Waals surface area contributed by atoms with E-state index in [2.05, 4.69) is 20.9 Å². The van der Waals surface area contributed by atoms with Crippen LogP contribution in [0.1, 0.15) is 10.4 Å². The van der Waals surface area contributed by atoms with Gasteiger partial charge in [-0.15, -0.1) is 11.3 Å². The number of thiophene rings is 1. The summed E-state index contributed by atoms with van der Waals surface area (Å²) in [4.78, 5) is 19.3. The minimum absolute atomic E-state index is 0.321. The standard InChI is InChI=1S/C16H13BrN2O2S/c1-19(2)14-7-6-12(22-14)9-13-16(20)21-15(18-13)10-4-3-5-11(17)8-10/h3-9H,1-2H3/b13-9-. The molecule has 6 heteroatoms. The number of aliphatic imine (C=N–C) groups is 1. The lowest BCUT2D eigenvalue weighted by molar-refractivity contribution is -0.129. The van der Waals surface area contributed by atoms with E-state index in [0.29, 0.717) is 11.6 Å². The Balaban J connectivity index is 1.90. The predicted octanol–water partition coefficient (Wildman–Crippen LogP) is 3.92. The fourth-order valence-electron chi connectivity index (χ4n) is 1.95. The van der Waals surface area contributed by atoms with Crippen LogP contribution >= 0.6 is 27.3 Å². The molecule has 0 aliphatic carbocycles. The van der Waals surface area contributed by atoms with E-state index in [1.54, 1.807) is 17.4 Å². The summed E-state index contributed by atoms with van der Waals surface area (Å²) in [6.45, 7) is 0. The average molecular weight is 377 g/mol. The van der Waals surface area contributed by atoms with Crippen molar-refractivity contribution >= 4 is 50.2 Å². The lowest BCUT2D eigenvalue weighted by Crippen LogP contribution is -2.05. The minimum atomic E-state index is -0.422. The first-order chi connectivity index (χ1) is 10.5. The van der Waals surface area contributed by atoms with Crippen molar-refractivity contribution in [3.63, 3.8) is 0 Å². The number of ether oxygens (including phenoxy) is 1. The van der Waals surface area contributed by atoms with Gasteiger partial charge in [0.05, 0.1) is 5.00 Å². The highest BCUT2D eigenvalue weighted by Crippen LogP contribution is 2.28. The number of benzene rings is 1. The second kappa shape index (κ2) is 6.06. The van der Waals surface area contributed by atoms with Crippen molar-refractivity contribution in [3.05, 3.63) is 57.0 Å². The molecule has 0 atom stereocenters. The molecule has 2 aromatic rings. The van der Waals surface area contributed by atoms with E-state index in [9.17, 15) is 4.79 Å². The summed E-state index contributed by atoms with van der Waals surface area (Å²) >= 11 is 4.99. The summed E-state index contributed by atoms with van der Waals surface area (Å²) in [5.41, 5.74) is 1.09. The summed E-state index contributed by atoms with van der Waals surface area (Å²) < 4.78 is 6.17. The molecule has 0 bridgehead atoms. The molecule has 0 radical (unpaired) electrons. The van der Waals surface area contributed by atoms with Gasteiger partial charge in [-0.2, -0.15) is 0 Å². The molecule has 3 rings (SSSR count). The molecule has 1 aromatic heterocycles. The number of hydrogen-bond acceptors (Lipinski definition) is 5. The Morgan fingerprint density at radius 1 is 1.27 bits per heavy atom. The van der Waals surface area contributed by atoms with Crippen molar-refractivity contribution in [2.45, 2.75) is 0 Å². The molecule has 22 heavy (non-hydrogen) atoms.